The molecule has 132 valence electrons. The molecular weight excluding hydrogens is 377 g/mol. The van der Waals surface area contributed by atoms with Crippen LogP contribution in [0.25, 0.3) is 0 Å². The van der Waals surface area contributed by atoms with Crippen LogP contribution in [0, 0.1) is 12.8 Å². The van der Waals surface area contributed by atoms with Crippen LogP contribution >= 0.6 is 35.0 Å². The van der Waals surface area contributed by atoms with E-state index in [0.29, 0.717) is 12.5 Å². The van der Waals surface area contributed by atoms with Crippen molar-refractivity contribution in [2.24, 2.45) is 5.92 Å². The standard InChI is InChI=1S/C18H19Cl2N3OS/c1-12-5-4-6-14(22-12)10-21-17(24)23-15-7-2-3-8-16(15)25-11-13-9-18(13,19)20/h2-8,13H,9-11H2,1H3,(H2,21,23,24). The largest absolute Gasteiger partial charge is 0.332 e. The lowest BCUT2D eigenvalue weighted by Crippen LogP contribution is -2.28. The third-order valence-corrected chi connectivity index (χ3v) is 6.07. The smallest absolute Gasteiger partial charge is 0.319 e. The summed E-state index contributed by atoms with van der Waals surface area (Å²) in [6.07, 6.45) is 0.822. The molecule has 3 rings (SSSR count). The number of nitrogens with one attached hydrogen (secondary N) is 2. The molecule has 1 aliphatic carbocycles. The molecule has 0 radical (unpaired) electrons. The Morgan fingerprint density at radius 2 is 2.04 bits per heavy atom. The first kappa shape index (κ1) is 18.4. The number of amides is 2. The summed E-state index contributed by atoms with van der Waals surface area (Å²) in [5, 5.41) is 5.72. The lowest BCUT2D eigenvalue weighted by atomic mass is 10.3. The third-order valence-electron chi connectivity index (χ3n) is 3.91. The van der Waals surface area contributed by atoms with Crippen molar-refractivity contribution in [2.45, 2.75) is 29.1 Å². The van der Waals surface area contributed by atoms with E-state index in [0.717, 1.165) is 34.1 Å². The summed E-state index contributed by atoms with van der Waals surface area (Å²) in [4.78, 5) is 17.5. The van der Waals surface area contributed by atoms with Gasteiger partial charge in [0.1, 0.15) is 4.33 Å². The molecule has 2 N–H and O–H groups in total. The van der Waals surface area contributed by atoms with Gasteiger partial charge in [-0.3, -0.25) is 4.98 Å². The Bertz CT molecular complexity index is 769. The number of hydrogen-bond donors (Lipinski definition) is 2. The van der Waals surface area contributed by atoms with Gasteiger partial charge in [0.05, 0.1) is 17.9 Å². The number of nitrogens with zero attached hydrogens (tertiary/aromatic N) is 1. The molecular formula is C18H19Cl2N3OS. The molecule has 0 aliphatic heterocycles. The Morgan fingerprint density at radius 1 is 1.28 bits per heavy atom. The number of rotatable bonds is 6. The molecule has 2 aromatic rings. The summed E-state index contributed by atoms with van der Waals surface area (Å²) < 4.78 is -0.576. The first-order chi connectivity index (χ1) is 11.9. The van der Waals surface area contributed by atoms with Crippen molar-refractivity contribution in [3.63, 3.8) is 0 Å². The van der Waals surface area contributed by atoms with Crippen molar-refractivity contribution >= 4 is 46.7 Å². The molecule has 0 bridgehead atoms. The van der Waals surface area contributed by atoms with Gasteiger partial charge in [0.2, 0.25) is 0 Å². The van der Waals surface area contributed by atoms with Gasteiger partial charge in [-0.1, -0.05) is 18.2 Å². The maximum atomic E-state index is 12.2. The fourth-order valence-electron chi connectivity index (χ4n) is 2.37. The molecule has 1 aliphatic rings. The molecule has 1 unspecified atom stereocenters. The zero-order valence-corrected chi connectivity index (χ0v) is 16.1. The van der Waals surface area contributed by atoms with E-state index in [1.807, 2.05) is 49.4 Å². The summed E-state index contributed by atoms with van der Waals surface area (Å²) in [6.45, 7) is 2.30. The highest BCUT2D eigenvalue weighted by molar-refractivity contribution is 7.99. The average molecular weight is 396 g/mol. The number of halogens is 2. The highest BCUT2D eigenvalue weighted by Gasteiger charge is 2.51. The number of aryl methyl sites for hydroxylation is 1. The Labute approximate surface area is 161 Å². The number of hydrogen-bond acceptors (Lipinski definition) is 3. The number of aromatic nitrogens is 1. The van der Waals surface area contributed by atoms with Gasteiger partial charge in [-0.05, 0) is 37.6 Å². The molecule has 1 aromatic carbocycles. The van der Waals surface area contributed by atoms with E-state index in [4.69, 9.17) is 23.2 Å². The van der Waals surface area contributed by atoms with Crippen molar-refractivity contribution < 1.29 is 4.79 Å². The second-order valence-electron chi connectivity index (χ2n) is 6.05. The van der Waals surface area contributed by atoms with Crippen LogP contribution in [0.5, 0.6) is 0 Å². The fourth-order valence-corrected chi connectivity index (χ4v) is 4.31. The van der Waals surface area contributed by atoms with Gasteiger partial charge in [-0.2, -0.15) is 0 Å². The molecule has 1 saturated carbocycles. The predicted octanol–water partition coefficient (Wildman–Crippen LogP) is 5.00. The molecule has 1 heterocycles. The van der Waals surface area contributed by atoms with Crippen LogP contribution in [0.2, 0.25) is 0 Å². The van der Waals surface area contributed by atoms with Crippen molar-refractivity contribution in [1.29, 1.82) is 0 Å². The van der Waals surface area contributed by atoms with Crippen LogP contribution in [-0.2, 0) is 6.54 Å². The van der Waals surface area contributed by atoms with E-state index in [2.05, 4.69) is 15.6 Å². The molecule has 0 saturated heterocycles. The van der Waals surface area contributed by atoms with E-state index < -0.39 is 4.33 Å². The van der Waals surface area contributed by atoms with E-state index in [-0.39, 0.29) is 6.03 Å². The number of para-hydroxylation sites is 1. The van der Waals surface area contributed by atoms with Crippen LogP contribution in [0.15, 0.2) is 47.4 Å². The Morgan fingerprint density at radius 3 is 2.76 bits per heavy atom. The predicted molar refractivity (Wildman–Crippen MR) is 105 cm³/mol. The topological polar surface area (TPSA) is 54.0 Å². The minimum absolute atomic E-state index is 0.258. The molecule has 2 amide bonds. The van der Waals surface area contributed by atoms with Gasteiger partial charge in [0.25, 0.3) is 0 Å². The van der Waals surface area contributed by atoms with Crippen molar-refractivity contribution in [2.75, 3.05) is 11.1 Å². The molecule has 4 nitrogen and oxygen atoms in total. The maximum absolute atomic E-state index is 12.2. The summed E-state index contributed by atoms with van der Waals surface area (Å²) in [5.74, 6) is 1.13. The van der Waals surface area contributed by atoms with Crippen LogP contribution in [-0.4, -0.2) is 21.1 Å². The molecule has 0 spiro atoms. The van der Waals surface area contributed by atoms with Crippen LogP contribution in [0.1, 0.15) is 17.8 Å². The minimum Gasteiger partial charge on any atom is -0.332 e. The number of anilines is 1. The lowest BCUT2D eigenvalue weighted by Gasteiger charge is -2.12. The van der Waals surface area contributed by atoms with E-state index in [9.17, 15) is 4.79 Å². The fraction of sp³-hybridized carbons (Fsp3) is 0.333. The highest BCUT2D eigenvalue weighted by atomic mass is 35.5. The molecule has 1 atom stereocenters. The molecule has 1 fully saturated rings. The number of pyridine rings is 1. The van der Waals surface area contributed by atoms with Crippen molar-refractivity contribution in [3.8, 4) is 0 Å². The molecule has 7 heteroatoms. The zero-order chi connectivity index (χ0) is 17.9. The number of benzene rings is 1. The monoisotopic (exact) mass is 395 g/mol. The summed E-state index contributed by atoms with van der Waals surface area (Å²) >= 11 is 13.8. The average Bonchev–Trinajstić information content (AvgIpc) is 3.19. The Kier molecular flexibility index (Phi) is 5.77. The number of carbonyl (C=O) groups is 1. The number of urea groups is 1. The Hall–Kier alpha value is -1.43. The van der Waals surface area contributed by atoms with Gasteiger partial charge in [-0.25, -0.2) is 4.79 Å². The van der Waals surface area contributed by atoms with E-state index >= 15 is 0 Å². The lowest BCUT2D eigenvalue weighted by molar-refractivity contribution is 0.251. The first-order valence-electron chi connectivity index (χ1n) is 8.01. The zero-order valence-electron chi connectivity index (χ0n) is 13.8. The van der Waals surface area contributed by atoms with Gasteiger partial charge in [-0.15, -0.1) is 35.0 Å². The van der Waals surface area contributed by atoms with Gasteiger partial charge in [0, 0.05) is 22.3 Å². The second-order valence-corrected chi connectivity index (χ2v) is 8.65. The second kappa shape index (κ2) is 7.85. The molecule has 1 aromatic heterocycles. The van der Waals surface area contributed by atoms with Gasteiger partial charge in [0.15, 0.2) is 0 Å². The summed E-state index contributed by atoms with van der Waals surface area (Å²) in [6, 6.07) is 13.2. The summed E-state index contributed by atoms with van der Waals surface area (Å²) in [5.41, 5.74) is 2.53. The van der Waals surface area contributed by atoms with Gasteiger partial charge < -0.3 is 10.6 Å². The number of carbonyl (C=O) groups excluding carboxylic acids is 1. The first-order valence-corrected chi connectivity index (χ1v) is 9.75. The number of thioether (sulfide) groups is 1. The maximum Gasteiger partial charge on any atom is 0.319 e. The highest BCUT2D eigenvalue weighted by Crippen LogP contribution is 2.55. The van der Waals surface area contributed by atoms with Crippen LogP contribution in [0.3, 0.4) is 0 Å². The SMILES string of the molecule is Cc1cccc(CNC(=O)Nc2ccccc2SCC2CC2(Cl)Cl)n1. The number of alkyl halides is 2. The van der Waals surface area contributed by atoms with Crippen LogP contribution in [0.4, 0.5) is 10.5 Å². The quantitative estimate of drug-likeness (QED) is 0.534. The molecule has 25 heavy (non-hydrogen) atoms. The van der Waals surface area contributed by atoms with Gasteiger partial charge >= 0.3 is 6.03 Å². The minimum atomic E-state index is -0.576. The third kappa shape index (κ3) is 5.27. The van der Waals surface area contributed by atoms with E-state index in [1.165, 1.54) is 0 Å². The van der Waals surface area contributed by atoms with E-state index in [1.54, 1.807) is 11.8 Å². The van der Waals surface area contributed by atoms with Crippen molar-refractivity contribution in [1.82, 2.24) is 10.3 Å². The summed E-state index contributed by atoms with van der Waals surface area (Å²) in [7, 11) is 0. The normalized spacial score (nSPS) is 17.8. The van der Waals surface area contributed by atoms with Crippen molar-refractivity contribution in [3.05, 3.63) is 53.9 Å². The van der Waals surface area contributed by atoms with Crippen LogP contribution < -0.4 is 10.6 Å². The Balaban J connectivity index is 1.54.